The molecule has 0 spiro atoms. The fourth-order valence-corrected chi connectivity index (χ4v) is 1.91. The number of ether oxygens (including phenoxy) is 1. The fourth-order valence-electron chi connectivity index (χ4n) is 1.91. The minimum atomic E-state index is -2.86. The maximum absolute atomic E-state index is 13.1. The van der Waals surface area contributed by atoms with Crippen LogP contribution in [-0.2, 0) is 6.54 Å². The Balaban J connectivity index is 2.02. The van der Waals surface area contributed by atoms with Crippen LogP contribution in [0.2, 0.25) is 0 Å². The molecule has 3 nitrogen and oxygen atoms in total. The van der Waals surface area contributed by atoms with E-state index >= 15 is 0 Å². The summed E-state index contributed by atoms with van der Waals surface area (Å²) in [5.74, 6) is -0.285. The summed E-state index contributed by atoms with van der Waals surface area (Å²) in [6.45, 7) is -0.704. The molecule has 1 N–H and O–H groups in total. The number of benzene rings is 1. The summed E-state index contributed by atoms with van der Waals surface area (Å²) in [7, 11) is 0. The summed E-state index contributed by atoms with van der Waals surface area (Å²) in [5, 5.41) is 3.12. The third-order valence-corrected chi connectivity index (χ3v) is 3.01. The van der Waals surface area contributed by atoms with Crippen LogP contribution in [0.25, 0.3) is 0 Å². The molecule has 0 aliphatic rings. The molecule has 0 bridgehead atoms. The van der Waals surface area contributed by atoms with Crippen molar-refractivity contribution in [2.45, 2.75) is 26.1 Å². The van der Waals surface area contributed by atoms with Gasteiger partial charge in [0, 0.05) is 24.3 Å². The predicted octanol–water partition coefficient (Wildman–Crippen LogP) is 3.67. The SMILES string of the molecule is CC(NCc1ccccc1OC(F)F)c1cncc(F)c1. The van der Waals surface area contributed by atoms with Crippen molar-refractivity contribution < 1.29 is 17.9 Å². The lowest BCUT2D eigenvalue weighted by Crippen LogP contribution is -2.19. The van der Waals surface area contributed by atoms with Gasteiger partial charge in [-0.25, -0.2) is 4.39 Å². The monoisotopic (exact) mass is 296 g/mol. The van der Waals surface area contributed by atoms with E-state index in [1.807, 2.05) is 6.92 Å². The van der Waals surface area contributed by atoms with Crippen LogP contribution in [0.5, 0.6) is 5.75 Å². The van der Waals surface area contributed by atoms with Crippen molar-refractivity contribution in [2.75, 3.05) is 0 Å². The van der Waals surface area contributed by atoms with Crippen LogP contribution < -0.4 is 10.1 Å². The van der Waals surface area contributed by atoms with E-state index in [-0.39, 0.29) is 11.8 Å². The molecule has 6 heteroatoms. The Morgan fingerprint density at radius 1 is 1.24 bits per heavy atom. The van der Waals surface area contributed by atoms with Gasteiger partial charge in [0.25, 0.3) is 0 Å². The largest absolute Gasteiger partial charge is 0.434 e. The first-order valence-corrected chi connectivity index (χ1v) is 6.43. The Morgan fingerprint density at radius 2 is 2.00 bits per heavy atom. The van der Waals surface area contributed by atoms with Gasteiger partial charge in [0.1, 0.15) is 11.6 Å². The molecule has 1 aromatic heterocycles. The van der Waals surface area contributed by atoms with E-state index in [1.54, 1.807) is 24.4 Å². The van der Waals surface area contributed by atoms with E-state index in [1.165, 1.54) is 12.1 Å². The van der Waals surface area contributed by atoms with Crippen LogP contribution >= 0.6 is 0 Å². The number of halogens is 3. The van der Waals surface area contributed by atoms with Gasteiger partial charge in [0.15, 0.2) is 0 Å². The third kappa shape index (κ3) is 4.46. The van der Waals surface area contributed by atoms with E-state index in [0.29, 0.717) is 17.7 Å². The summed E-state index contributed by atoms with van der Waals surface area (Å²) in [4.78, 5) is 3.78. The summed E-state index contributed by atoms with van der Waals surface area (Å²) in [6, 6.07) is 7.75. The van der Waals surface area contributed by atoms with Crippen molar-refractivity contribution in [2.24, 2.45) is 0 Å². The van der Waals surface area contributed by atoms with Crippen LogP contribution in [0.15, 0.2) is 42.7 Å². The molecular formula is C15H15F3N2O. The van der Waals surface area contributed by atoms with Crippen LogP contribution in [0.4, 0.5) is 13.2 Å². The van der Waals surface area contributed by atoms with Crippen molar-refractivity contribution in [3.05, 3.63) is 59.7 Å². The van der Waals surface area contributed by atoms with Crippen LogP contribution in [0.3, 0.4) is 0 Å². The summed E-state index contributed by atoms with van der Waals surface area (Å²) in [5.41, 5.74) is 1.29. The number of nitrogens with zero attached hydrogens (tertiary/aromatic N) is 1. The van der Waals surface area contributed by atoms with Crippen molar-refractivity contribution in [1.82, 2.24) is 10.3 Å². The maximum atomic E-state index is 13.1. The molecule has 112 valence electrons. The molecule has 2 aromatic rings. The minimum Gasteiger partial charge on any atom is -0.434 e. The number of nitrogens with one attached hydrogen (secondary N) is 1. The number of para-hydroxylation sites is 1. The lowest BCUT2D eigenvalue weighted by atomic mass is 10.1. The zero-order valence-electron chi connectivity index (χ0n) is 11.4. The number of hydrogen-bond acceptors (Lipinski definition) is 3. The normalized spacial score (nSPS) is 12.4. The average Bonchev–Trinajstić information content (AvgIpc) is 2.45. The molecule has 2 rings (SSSR count). The molecule has 0 saturated heterocycles. The minimum absolute atomic E-state index is 0.129. The fraction of sp³-hybridized carbons (Fsp3) is 0.267. The molecule has 0 amide bonds. The number of rotatable bonds is 6. The highest BCUT2D eigenvalue weighted by molar-refractivity contribution is 5.33. The van der Waals surface area contributed by atoms with Gasteiger partial charge in [0.05, 0.1) is 6.20 Å². The molecule has 0 aliphatic heterocycles. The highest BCUT2D eigenvalue weighted by Crippen LogP contribution is 2.21. The van der Waals surface area contributed by atoms with Crippen LogP contribution in [-0.4, -0.2) is 11.6 Å². The third-order valence-electron chi connectivity index (χ3n) is 3.01. The van der Waals surface area contributed by atoms with Gasteiger partial charge in [-0.05, 0) is 24.6 Å². The van der Waals surface area contributed by atoms with Crippen LogP contribution in [0.1, 0.15) is 24.1 Å². The Kier molecular flexibility index (Phi) is 5.16. The van der Waals surface area contributed by atoms with Gasteiger partial charge in [-0.15, -0.1) is 0 Å². The van der Waals surface area contributed by atoms with Gasteiger partial charge < -0.3 is 10.1 Å². The zero-order valence-corrected chi connectivity index (χ0v) is 11.4. The summed E-state index contributed by atoms with van der Waals surface area (Å²) >= 11 is 0. The van der Waals surface area contributed by atoms with Crippen molar-refractivity contribution >= 4 is 0 Å². The number of pyridine rings is 1. The predicted molar refractivity (Wildman–Crippen MR) is 72.5 cm³/mol. The summed E-state index contributed by atoms with van der Waals surface area (Å²) in [6.07, 6.45) is 2.68. The van der Waals surface area contributed by atoms with E-state index < -0.39 is 12.4 Å². The Labute approximate surface area is 120 Å². The standard InChI is InChI=1S/C15H15F3N2O/c1-10(12-6-13(16)9-19-7-12)20-8-11-4-2-3-5-14(11)21-15(17)18/h2-7,9-10,15,20H,8H2,1H3. The molecule has 0 aliphatic carbocycles. The molecule has 1 heterocycles. The number of alkyl halides is 2. The van der Waals surface area contributed by atoms with E-state index in [4.69, 9.17) is 0 Å². The Hall–Kier alpha value is -2.08. The number of hydrogen-bond donors (Lipinski definition) is 1. The maximum Gasteiger partial charge on any atom is 0.387 e. The Bertz CT molecular complexity index is 593. The Morgan fingerprint density at radius 3 is 2.71 bits per heavy atom. The highest BCUT2D eigenvalue weighted by Gasteiger charge is 2.11. The van der Waals surface area contributed by atoms with Crippen LogP contribution in [0, 0.1) is 5.82 Å². The smallest absolute Gasteiger partial charge is 0.387 e. The molecule has 0 fully saturated rings. The molecule has 0 radical (unpaired) electrons. The van der Waals surface area contributed by atoms with Gasteiger partial charge >= 0.3 is 6.61 Å². The molecule has 1 unspecified atom stereocenters. The van der Waals surface area contributed by atoms with Gasteiger partial charge in [-0.2, -0.15) is 8.78 Å². The van der Waals surface area contributed by atoms with Gasteiger partial charge in [-0.1, -0.05) is 18.2 Å². The molecule has 1 atom stereocenters. The molecule has 1 aromatic carbocycles. The second-order valence-electron chi connectivity index (χ2n) is 4.53. The van der Waals surface area contributed by atoms with Gasteiger partial charge in [0.2, 0.25) is 0 Å². The second-order valence-corrected chi connectivity index (χ2v) is 4.53. The quantitative estimate of drug-likeness (QED) is 0.883. The molecular weight excluding hydrogens is 281 g/mol. The topological polar surface area (TPSA) is 34.1 Å². The summed E-state index contributed by atoms with van der Waals surface area (Å²) < 4.78 is 42.2. The first kappa shape index (κ1) is 15.3. The second kappa shape index (κ2) is 7.08. The molecule has 21 heavy (non-hydrogen) atoms. The van der Waals surface area contributed by atoms with E-state index in [9.17, 15) is 13.2 Å². The first-order valence-electron chi connectivity index (χ1n) is 6.43. The lowest BCUT2D eigenvalue weighted by molar-refractivity contribution is -0.0505. The van der Waals surface area contributed by atoms with Gasteiger partial charge in [-0.3, -0.25) is 4.98 Å². The van der Waals surface area contributed by atoms with E-state index in [0.717, 1.165) is 6.20 Å². The van der Waals surface area contributed by atoms with Crippen molar-refractivity contribution in [3.8, 4) is 5.75 Å². The van der Waals surface area contributed by atoms with Crippen molar-refractivity contribution in [1.29, 1.82) is 0 Å². The zero-order chi connectivity index (χ0) is 15.2. The van der Waals surface area contributed by atoms with E-state index in [2.05, 4.69) is 15.0 Å². The first-order chi connectivity index (χ1) is 10.1. The lowest BCUT2D eigenvalue weighted by Gasteiger charge is -2.16. The number of aromatic nitrogens is 1. The average molecular weight is 296 g/mol. The van der Waals surface area contributed by atoms with Crippen molar-refractivity contribution in [3.63, 3.8) is 0 Å². The molecule has 0 saturated carbocycles. The highest BCUT2D eigenvalue weighted by atomic mass is 19.3.